The predicted octanol–water partition coefficient (Wildman–Crippen LogP) is 2.77. The first-order valence-corrected chi connectivity index (χ1v) is 4.63. The topological polar surface area (TPSA) is 63.4 Å². The van der Waals surface area contributed by atoms with Crippen LogP contribution in [0, 0.1) is 16.2 Å². The molecule has 0 aliphatic rings. The van der Waals surface area contributed by atoms with Gasteiger partial charge in [0.05, 0.1) is 10.5 Å². The van der Waals surface area contributed by atoms with Gasteiger partial charge in [-0.2, -0.15) is 0 Å². The van der Waals surface area contributed by atoms with Gasteiger partial charge in [0, 0.05) is 0 Å². The Hall–Kier alpha value is -2.36. The Bertz CT molecular complexity index is 523. The van der Waals surface area contributed by atoms with E-state index in [1.807, 2.05) is 0 Å². The van der Waals surface area contributed by atoms with E-state index in [4.69, 9.17) is 0 Å². The molecule has 0 atom stereocenters. The number of nitrogens with zero attached hydrogens (tertiary/aromatic N) is 1. The lowest BCUT2D eigenvalue weighted by atomic mass is 10.0. The van der Waals surface area contributed by atoms with Gasteiger partial charge in [0.15, 0.2) is 5.75 Å². The summed E-state index contributed by atoms with van der Waals surface area (Å²) < 4.78 is 0. The van der Waals surface area contributed by atoms with E-state index in [0.717, 1.165) is 0 Å². The van der Waals surface area contributed by atoms with E-state index in [9.17, 15) is 15.2 Å². The maximum Gasteiger partial charge on any atom is 0.318 e. The summed E-state index contributed by atoms with van der Waals surface area (Å²) in [7, 11) is 0. The van der Waals surface area contributed by atoms with Crippen LogP contribution in [-0.2, 0) is 0 Å². The summed E-state index contributed by atoms with van der Waals surface area (Å²) in [5, 5.41) is 20.3. The average molecular weight is 214 g/mol. The first-order valence-electron chi connectivity index (χ1n) is 4.63. The summed E-state index contributed by atoms with van der Waals surface area (Å²) in [5.41, 5.74) is 0.814. The number of aromatic hydroxyl groups is 1. The van der Waals surface area contributed by atoms with Crippen molar-refractivity contribution >= 4 is 5.69 Å². The highest BCUT2D eigenvalue weighted by molar-refractivity contribution is 5.76. The molecule has 1 radical (unpaired) electrons. The molecule has 0 aliphatic carbocycles. The molecule has 0 heterocycles. The molecule has 0 unspecified atom stereocenters. The van der Waals surface area contributed by atoms with Gasteiger partial charge in [0.1, 0.15) is 0 Å². The third-order valence-corrected chi connectivity index (χ3v) is 2.23. The molecule has 0 fully saturated rings. The minimum absolute atomic E-state index is 0.270. The number of phenolic OH excluding ortho intramolecular Hbond substituents is 1. The highest BCUT2D eigenvalue weighted by atomic mass is 16.6. The van der Waals surface area contributed by atoms with Gasteiger partial charge in [-0.1, -0.05) is 30.3 Å². The summed E-state index contributed by atoms with van der Waals surface area (Å²) >= 11 is 0. The molecule has 4 nitrogen and oxygen atoms in total. The average Bonchev–Trinajstić information content (AvgIpc) is 2.29. The summed E-state index contributed by atoms with van der Waals surface area (Å²) in [6.07, 6.45) is 0. The fraction of sp³-hybridized carbons (Fsp3) is 0. The van der Waals surface area contributed by atoms with Crippen molar-refractivity contribution < 1.29 is 10.0 Å². The number of para-hydroxylation sites is 1. The van der Waals surface area contributed by atoms with E-state index in [-0.39, 0.29) is 11.4 Å². The van der Waals surface area contributed by atoms with Gasteiger partial charge in [-0.15, -0.1) is 0 Å². The summed E-state index contributed by atoms with van der Waals surface area (Å²) in [4.78, 5) is 10.3. The molecule has 0 bridgehead atoms. The summed E-state index contributed by atoms with van der Waals surface area (Å²) in [5.74, 6) is -0.324. The van der Waals surface area contributed by atoms with E-state index in [1.54, 1.807) is 36.4 Å². The normalized spacial score (nSPS) is 10.0. The minimum Gasteiger partial charge on any atom is -0.502 e. The van der Waals surface area contributed by atoms with Gasteiger partial charge in [0.2, 0.25) is 0 Å². The molecule has 0 saturated heterocycles. The smallest absolute Gasteiger partial charge is 0.318 e. The van der Waals surface area contributed by atoms with Crippen molar-refractivity contribution in [2.45, 2.75) is 0 Å². The first kappa shape index (κ1) is 10.2. The Labute approximate surface area is 91.9 Å². The molecule has 0 aliphatic heterocycles. The summed E-state index contributed by atoms with van der Waals surface area (Å²) in [6.45, 7) is 0. The lowest BCUT2D eigenvalue weighted by molar-refractivity contribution is -0.385. The maximum absolute atomic E-state index is 10.9. The SMILES string of the molecule is O=[N+]([O-])c1c(O)cccc1-c1cc[c]cc1. The van der Waals surface area contributed by atoms with Crippen LogP contribution in [0.1, 0.15) is 0 Å². The van der Waals surface area contributed by atoms with Crippen LogP contribution in [0.25, 0.3) is 11.1 Å². The highest BCUT2D eigenvalue weighted by Gasteiger charge is 2.19. The zero-order valence-electron chi connectivity index (χ0n) is 8.25. The van der Waals surface area contributed by atoms with Crippen molar-refractivity contribution in [3.8, 4) is 16.9 Å². The second kappa shape index (κ2) is 4.02. The van der Waals surface area contributed by atoms with E-state index in [1.165, 1.54) is 6.07 Å². The van der Waals surface area contributed by atoms with Crippen molar-refractivity contribution in [3.63, 3.8) is 0 Å². The number of nitro benzene ring substituents is 1. The third-order valence-electron chi connectivity index (χ3n) is 2.23. The van der Waals surface area contributed by atoms with Gasteiger partial charge in [-0.3, -0.25) is 10.1 Å². The van der Waals surface area contributed by atoms with Crippen molar-refractivity contribution in [1.29, 1.82) is 0 Å². The lowest BCUT2D eigenvalue weighted by Crippen LogP contribution is -1.92. The van der Waals surface area contributed by atoms with Crippen LogP contribution in [0.15, 0.2) is 42.5 Å². The zero-order chi connectivity index (χ0) is 11.5. The predicted molar refractivity (Wildman–Crippen MR) is 59.0 cm³/mol. The molecule has 4 heteroatoms. The van der Waals surface area contributed by atoms with E-state index < -0.39 is 4.92 Å². The fourth-order valence-electron chi connectivity index (χ4n) is 1.52. The van der Waals surface area contributed by atoms with E-state index >= 15 is 0 Å². The van der Waals surface area contributed by atoms with Crippen LogP contribution in [0.4, 0.5) is 5.69 Å². The Kier molecular flexibility index (Phi) is 2.55. The van der Waals surface area contributed by atoms with Crippen LogP contribution >= 0.6 is 0 Å². The molecule has 0 amide bonds. The number of hydrogen-bond donors (Lipinski definition) is 1. The van der Waals surface area contributed by atoms with Crippen LogP contribution in [0.5, 0.6) is 5.75 Å². The second-order valence-electron chi connectivity index (χ2n) is 3.22. The Balaban J connectivity index is 2.66. The Morgan fingerprint density at radius 2 is 1.88 bits per heavy atom. The van der Waals surface area contributed by atoms with Crippen molar-refractivity contribution in [2.75, 3.05) is 0 Å². The van der Waals surface area contributed by atoms with Crippen molar-refractivity contribution in [1.82, 2.24) is 0 Å². The molecule has 2 rings (SSSR count). The molecule has 2 aromatic carbocycles. The van der Waals surface area contributed by atoms with E-state index in [2.05, 4.69) is 6.07 Å². The molecule has 0 aromatic heterocycles. The standard InChI is InChI=1S/C12H8NO3/c14-11-8-4-7-10(12(11)13(15)16)9-5-2-1-3-6-9/h2-8,14H. The zero-order valence-corrected chi connectivity index (χ0v) is 8.25. The maximum atomic E-state index is 10.9. The first-order chi connectivity index (χ1) is 7.70. The fourth-order valence-corrected chi connectivity index (χ4v) is 1.52. The quantitative estimate of drug-likeness (QED) is 0.617. The van der Waals surface area contributed by atoms with Crippen LogP contribution in [0.2, 0.25) is 0 Å². The van der Waals surface area contributed by atoms with Crippen LogP contribution < -0.4 is 0 Å². The van der Waals surface area contributed by atoms with Gasteiger partial charge in [-0.05, 0) is 23.8 Å². The second-order valence-corrected chi connectivity index (χ2v) is 3.22. The number of rotatable bonds is 2. The monoisotopic (exact) mass is 214 g/mol. The Morgan fingerprint density at radius 3 is 2.50 bits per heavy atom. The van der Waals surface area contributed by atoms with Crippen LogP contribution in [0.3, 0.4) is 0 Å². The van der Waals surface area contributed by atoms with E-state index in [0.29, 0.717) is 11.1 Å². The number of hydrogen-bond acceptors (Lipinski definition) is 3. The molecule has 16 heavy (non-hydrogen) atoms. The molecule has 2 aromatic rings. The van der Waals surface area contributed by atoms with Gasteiger partial charge < -0.3 is 5.11 Å². The molecular weight excluding hydrogens is 206 g/mol. The number of nitro groups is 1. The highest BCUT2D eigenvalue weighted by Crippen LogP contribution is 2.36. The van der Waals surface area contributed by atoms with Crippen molar-refractivity contribution in [3.05, 3.63) is 58.6 Å². The van der Waals surface area contributed by atoms with Crippen molar-refractivity contribution in [2.24, 2.45) is 0 Å². The van der Waals surface area contributed by atoms with Gasteiger partial charge in [0.25, 0.3) is 0 Å². The minimum atomic E-state index is -0.582. The Morgan fingerprint density at radius 1 is 1.19 bits per heavy atom. The molecule has 79 valence electrons. The van der Waals surface area contributed by atoms with Gasteiger partial charge >= 0.3 is 5.69 Å². The van der Waals surface area contributed by atoms with Crippen LogP contribution in [-0.4, -0.2) is 10.0 Å². The number of benzene rings is 2. The summed E-state index contributed by atoms with van der Waals surface area (Å²) in [6, 6.07) is 14.1. The molecular formula is C12H8NO3. The molecule has 0 spiro atoms. The molecule has 0 saturated carbocycles. The largest absolute Gasteiger partial charge is 0.502 e. The van der Waals surface area contributed by atoms with Gasteiger partial charge in [-0.25, -0.2) is 0 Å². The lowest BCUT2D eigenvalue weighted by Gasteiger charge is -2.03. The molecule has 1 N–H and O–H groups in total. The third kappa shape index (κ3) is 1.72. The number of phenols is 1.